The van der Waals surface area contributed by atoms with Gasteiger partial charge in [-0.3, -0.25) is 0 Å². The quantitative estimate of drug-likeness (QED) is 0.715. The molecule has 2 aromatic rings. The highest BCUT2D eigenvalue weighted by Crippen LogP contribution is 2.31. The predicted octanol–water partition coefficient (Wildman–Crippen LogP) is 5.33. The topological polar surface area (TPSA) is 12.5 Å². The van der Waals surface area contributed by atoms with E-state index in [9.17, 15) is 0 Å². The van der Waals surface area contributed by atoms with E-state index >= 15 is 0 Å². The van der Waals surface area contributed by atoms with Gasteiger partial charge in [-0.05, 0) is 55.3 Å². The number of hydrogen-bond acceptors (Lipinski definition) is 2. The van der Waals surface area contributed by atoms with Gasteiger partial charge in [0.15, 0.2) is 0 Å². The lowest BCUT2D eigenvalue weighted by Crippen LogP contribution is -2.28. The Balaban J connectivity index is 2.29. The number of ether oxygens (including phenoxy) is 1. The van der Waals surface area contributed by atoms with Gasteiger partial charge in [0.1, 0.15) is 5.75 Å². The summed E-state index contributed by atoms with van der Waals surface area (Å²) in [6, 6.07) is 16.7. The van der Waals surface area contributed by atoms with Gasteiger partial charge in [-0.15, -0.1) is 0 Å². The molecule has 3 heteroatoms. The molecule has 1 unspecified atom stereocenters. The van der Waals surface area contributed by atoms with Crippen molar-refractivity contribution < 1.29 is 4.74 Å². The summed E-state index contributed by atoms with van der Waals surface area (Å²) in [6.07, 6.45) is 1.04. The number of rotatable bonds is 6. The molecule has 0 N–H and O–H groups in total. The molecule has 0 radical (unpaired) electrons. The normalized spacial score (nSPS) is 12.0. The van der Waals surface area contributed by atoms with Crippen LogP contribution in [0.5, 0.6) is 5.75 Å². The molecule has 0 amide bonds. The third-order valence-electron chi connectivity index (χ3n) is 3.76. The van der Waals surface area contributed by atoms with Crippen LogP contribution in [0.3, 0.4) is 0 Å². The van der Waals surface area contributed by atoms with Gasteiger partial charge < -0.3 is 9.64 Å². The first kappa shape index (κ1) is 15.7. The van der Waals surface area contributed by atoms with Gasteiger partial charge in [-0.2, -0.15) is 0 Å². The van der Waals surface area contributed by atoms with Crippen molar-refractivity contribution in [2.75, 3.05) is 18.6 Å². The number of nitrogens with zero attached hydrogens (tertiary/aromatic N) is 1. The van der Waals surface area contributed by atoms with Crippen molar-refractivity contribution in [3.8, 4) is 5.75 Å². The fraction of sp³-hybridized carbons (Fsp3) is 0.333. The molecular formula is C18H22ClNO. The maximum Gasteiger partial charge on any atom is 0.118 e. The lowest BCUT2D eigenvalue weighted by molar-refractivity contribution is 0.414. The number of hydrogen-bond donors (Lipinski definition) is 0. The highest BCUT2D eigenvalue weighted by molar-refractivity contribution is 6.30. The molecule has 2 nitrogen and oxygen atoms in total. The van der Waals surface area contributed by atoms with Crippen LogP contribution in [0, 0.1) is 0 Å². The Morgan fingerprint density at radius 2 is 1.62 bits per heavy atom. The molecule has 0 fully saturated rings. The Morgan fingerprint density at radius 3 is 2.10 bits per heavy atom. The van der Waals surface area contributed by atoms with Crippen LogP contribution in [0.2, 0.25) is 5.02 Å². The highest BCUT2D eigenvalue weighted by atomic mass is 35.5. The average molecular weight is 304 g/mol. The average Bonchev–Trinajstić information content (AvgIpc) is 2.54. The van der Waals surface area contributed by atoms with Gasteiger partial charge in [0.25, 0.3) is 0 Å². The smallest absolute Gasteiger partial charge is 0.118 e. The lowest BCUT2D eigenvalue weighted by atomic mass is 10.0. The zero-order valence-electron chi connectivity index (χ0n) is 12.8. The van der Waals surface area contributed by atoms with Crippen molar-refractivity contribution in [3.05, 3.63) is 59.1 Å². The molecule has 1 atom stereocenters. The second-order valence-electron chi connectivity index (χ2n) is 4.96. The molecule has 0 saturated carbocycles. The fourth-order valence-corrected chi connectivity index (χ4v) is 2.80. The van der Waals surface area contributed by atoms with E-state index in [0.717, 1.165) is 23.7 Å². The van der Waals surface area contributed by atoms with Crippen LogP contribution in [-0.4, -0.2) is 13.7 Å². The van der Waals surface area contributed by atoms with Gasteiger partial charge in [0.05, 0.1) is 13.2 Å². The van der Waals surface area contributed by atoms with Gasteiger partial charge in [-0.25, -0.2) is 0 Å². The fourth-order valence-electron chi connectivity index (χ4n) is 2.68. The summed E-state index contributed by atoms with van der Waals surface area (Å²) in [4.78, 5) is 2.40. The second kappa shape index (κ2) is 7.37. The standard InChI is InChI=1S/C18H22ClNO/c1-4-18(14-6-12-17(21-3)13-7-14)20(5-2)16-10-8-15(19)9-11-16/h6-13,18H,4-5H2,1-3H3. The number of benzene rings is 2. The summed E-state index contributed by atoms with van der Waals surface area (Å²) in [5, 5.41) is 0.771. The Labute approximate surface area is 132 Å². The van der Waals surface area contributed by atoms with Gasteiger partial charge >= 0.3 is 0 Å². The molecule has 0 bridgehead atoms. The molecule has 0 aliphatic rings. The molecule has 0 saturated heterocycles. The Hall–Kier alpha value is -1.67. The van der Waals surface area contributed by atoms with Gasteiger partial charge in [0.2, 0.25) is 0 Å². The minimum atomic E-state index is 0.349. The molecule has 0 aliphatic heterocycles. The van der Waals surface area contributed by atoms with E-state index in [4.69, 9.17) is 16.3 Å². The van der Waals surface area contributed by atoms with E-state index in [1.54, 1.807) is 7.11 Å². The zero-order valence-corrected chi connectivity index (χ0v) is 13.6. The minimum absolute atomic E-state index is 0.349. The summed E-state index contributed by atoms with van der Waals surface area (Å²) in [5.41, 5.74) is 2.50. The minimum Gasteiger partial charge on any atom is -0.497 e. The summed E-state index contributed by atoms with van der Waals surface area (Å²) in [5.74, 6) is 0.892. The first-order chi connectivity index (χ1) is 10.2. The number of methoxy groups -OCH3 is 1. The van der Waals surface area contributed by atoms with E-state index in [1.807, 2.05) is 24.3 Å². The Morgan fingerprint density at radius 1 is 1.00 bits per heavy atom. The van der Waals surface area contributed by atoms with Gasteiger partial charge in [0, 0.05) is 17.3 Å². The number of halogens is 1. The summed E-state index contributed by atoms with van der Waals surface area (Å²) >= 11 is 5.99. The van der Waals surface area contributed by atoms with Crippen LogP contribution >= 0.6 is 11.6 Å². The van der Waals surface area contributed by atoms with Crippen molar-refractivity contribution >= 4 is 17.3 Å². The van der Waals surface area contributed by atoms with Crippen molar-refractivity contribution in [2.24, 2.45) is 0 Å². The lowest BCUT2D eigenvalue weighted by Gasteiger charge is -2.32. The maximum absolute atomic E-state index is 5.99. The molecule has 2 rings (SSSR count). The Bertz CT molecular complexity index is 550. The SMILES string of the molecule is CCC(c1ccc(OC)cc1)N(CC)c1ccc(Cl)cc1. The summed E-state index contributed by atoms with van der Waals surface area (Å²) in [6.45, 7) is 5.35. The van der Waals surface area contributed by atoms with Crippen molar-refractivity contribution in [3.63, 3.8) is 0 Å². The largest absolute Gasteiger partial charge is 0.497 e. The van der Waals surface area contributed by atoms with Crippen LogP contribution in [0.25, 0.3) is 0 Å². The van der Waals surface area contributed by atoms with Crippen molar-refractivity contribution in [2.45, 2.75) is 26.3 Å². The molecule has 0 heterocycles. The molecule has 0 aromatic heterocycles. The first-order valence-corrected chi connectivity index (χ1v) is 7.73. The van der Waals surface area contributed by atoms with Crippen LogP contribution in [-0.2, 0) is 0 Å². The van der Waals surface area contributed by atoms with Crippen LogP contribution in [0.1, 0.15) is 31.9 Å². The van der Waals surface area contributed by atoms with E-state index in [0.29, 0.717) is 6.04 Å². The third kappa shape index (κ3) is 3.70. The van der Waals surface area contributed by atoms with Crippen LogP contribution in [0.4, 0.5) is 5.69 Å². The van der Waals surface area contributed by atoms with Crippen molar-refractivity contribution in [1.29, 1.82) is 0 Å². The summed E-state index contributed by atoms with van der Waals surface area (Å²) < 4.78 is 5.24. The van der Waals surface area contributed by atoms with E-state index in [2.05, 4.69) is 43.0 Å². The zero-order chi connectivity index (χ0) is 15.2. The van der Waals surface area contributed by atoms with Crippen LogP contribution in [0.15, 0.2) is 48.5 Å². The summed E-state index contributed by atoms with van der Waals surface area (Å²) in [7, 11) is 1.69. The monoisotopic (exact) mass is 303 g/mol. The highest BCUT2D eigenvalue weighted by Gasteiger charge is 2.17. The molecule has 2 aromatic carbocycles. The predicted molar refractivity (Wildman–Crippen MR) is 90.5 cm³/mol. The van der Waals surface area contributed by atoms with Crippen molar-refractivity contribution in [1.82, 2.24) is 0 Å². The molecule has 0 aliphatic carbocycles. The molecule has 0 spiro atoms. The van der Waals surface area contributed by atoms with E-state index in [-0.39, 0.29) is 0 Å². The third-order valence-corrected chi connectivity index (χ3v) is 4.01. The van der Waals surface area contributed by atoms with E-state index < -0.39 is 0 Å². The van der Waals surface area contributed by atoms with E-state index in [1.165, 1.54) is 11.3 Å². The van der Waals surface area contributed by atoms with Crippen LogP contribution < -0.4 is 9.64 Å². The Kier molecular flexibility index (Phi) is 5.51. The maximum atomic E-state index is 5.99. The first-order valence-electron chi connectivity index (χ1n) is 7.35. The molecule has 112 valence electrons. The van der Waals surface area contributed by atoms with Gasteiger partial charge in [-0.1, -0.05) is 30.7 Å². The second-order valence-corrected chi connectivity index (χ2v) is 5.40. The molecule has 21 heavy (non-hydrogen) atoms. The number of anilines is 1. The molecular weight excluding hydrogens is 282 g/mol.